The Bertz CT molecular complexity index is 493. The molecule has 0 rings (SSSR count). The van der Waals surface area contributed by atoms with Gasteiger partial charge in [0.2, 0.25) is 0 Å². The largest absolute Gasteiger partial charge is 0.512 e. The molecule has 0 radical (unpaired) electrons. The highest BCUT2D eigenvalue weighted by Crippen LogP contribution is 2.34. The van der Waals surface area contributed by atoms with Gasteiger partial charge in [-0.05, 0) is 13.8 Å². The lowest BCUT2D eigenvalue weighted by molar-refractivity contribution is -0.0512. The molecule has 0 spiro atoms. The summed E-state index contributed by atoms with van der Waals surface area (Å²) in [5.74, 6) is 0. The zero-order chi connectivity index (χ0) is 16.6. The van der Waals surface area contributed by atoms with Crippen molar-refractivity contribution in [3.8, 4) is 0 Å². The molecule has 0 saturated carbocycles. The van der Waals surface area contributed by atoms with E-state index in [0.29, 0.717) is 0 Å². The fraction of sp³-hybridized carbons (Fsp3) is 1.00. The molecule has 122 valence electrons. The van der Waals surface area contributed by atoms with Crippen molar-refractivity contribution in [3.63, 3.8) is 0 Å². The van der Waals surface area contributed by atoms with Crippen LogP contribution in [0, 0.1) is 0 Å². The van der Waals surface area contributed by atoms with Gasteiger partial charge >= 0.3 is 31.1 Å². The summed E-state index contributed by atoms with van der Waals surface area (Å²) in [4.78, 5) is 0. The Hall–Kier alpha value is -0.383. The van der Waals surface area contributed by atoms with Gasteiger partial charge in [0.1, 0.15) is 0 Å². The van der Waals surface area contributed by atoms with Crippen molar-refractivity contribution in [2.45, 2.75) is 31.0 Å². The highest BCUT2D eigenvalue weighted by Gasteiger charge is 2.61. The van der Waals surface area contributed by atoms with Crippen molar-refractivity contribution in [3.05, 3.63) is 0 Å². The Morgan fingerprint density at radius 3 is 1.40 bits per heavy atom. The molecular weight excluding hydrogens is 360 g/mol. The third-order valence-electron chi connectivity index (χ3n) is 1.63. The summed E-state index contributed by atoms with van der Waals surface area (Å²) in [6.07, 6.45) is -0.948. The number of hydrogen-bond acceptors (Lipinski definition) is 5. The van der Waals surface area contributed by atoms with E-state index in [2.05, 4.69) is 4.43 Å². The van der Waals surface area contributed by atoms with Crippen LogP contribution in [0.3, 0.4) is 0 Å². The van der Waals surface area contributed by atoms with Gasteiger partial charge in [0, 0.05) is 6.10 Å². The lowest BCUT2D eigenvalue weighted by Gasteiger charge is -2.24. The van der Waals surface area contributed by atoms with Gasteiger partial charge in [-0.15, -0.1) is 0 Å². The fourth-order valence-corrected chi connectivity index (χ4v) is 5.48. The molecule has 6 nitrogen and oxygen atoms in total. The minimum Gasteiger partial charge on any atom is -0.404 e. The van der Waals surface area contributed by atoms with Crippen LogP contribution in [0.4, 0.5) is 26.3 Å². The molecule has 0 amide bonds. The number of sulfonamides is 2. The molecule has 0 heterocycles. The van der Waals surface area contributed by atoms with Crippen LogP contribution >= 0.6 is 0 Å². The molecule has 0 aromatic carbocycles. The lowest BCUT2D eigenvalue weighted by atomic mass is 10.5. The van der Waals surface area contributed by atoms with Crippen molar-refractivity contribution in [2.24, 2.45) is 0 Å². The Morgan fingerprint density at radius 2 is 1.20 bits per heavy atom. The van der Waals surface area contributed by atoms with Gasteiger partial charge in [0.15, 0.2) is 0 Å². The van der Waals surface area contributed by atoms with Gasteiger partial charge in [-0.3, -0.25) is 0 Å². The highest BCUT2D eigenvalue weighted by molar-refractivity contribution is 8.06. The van der Waals surface area contributed by atoms with Crippen LogP contribution < -0.4 is 0 Å². The summed E-state index contributed by atoms with van der Waals surface area (Å²) in [6.45, 7) is 2.37. The second-order valence-electron chi connectivity index (χ2n) is 3.52. The molecule has 0 unspecified atom stereocenters. The predicted octanol–water partition coefficient (Wildman–Crippen LogP) is 0.411. The Morgan fingerprint density at radius 1 is 0.900 bits per heavy atom. The summed E-state index contributed by atoms with van der Waals surface area (Å²) >= 11 is 0. The molecule has 0 aliphatic rings. The van der Waals surface area contributed by atoms with E-state index in [-0.39, 0.29) is 0 Å². The first kappa shape index (κ1) is 19.6. The maximum Gasteiger partial charge on any atom is 0.512 e. The molecule has 0 atom stereocenters. The molecule has 0 N–H and O–H groups in total. The van der Waals surface area contributed by atoms with Gasteiger partial charge in [-0.1, -0.05) is 3.38 Å². The van der Waals surface area contributed by atoms with E-state index in [1.165, 1.54) is 13.8 Å². The van der Waals surface area contributed by atoms with Gasteiger partial charge < -0.3 is 4.43 Å². The van der Waals surface area contributed by atoms with Crippen molar-refractivity contribution < 1.29 is 47.6 Å². The number of rotatable bonds is 5. The quantitative estimate of drug-likeness (QED) is 0.518. The minimum absolute atomic E-state index is 0.948. The maximum absolute atomic E-state index is 12.2. The Labute approximate surface area is 112 Å². The molecule has 0 aromatic heterocycles. The molecule has 0 aliphatic heterocycles. The molecule has 0 aliphatic carbocycles. The van der Waals surface area contributed by atoms with Gasteiger partial charge in [-0.25, -0.2) is 16.8 Å². The van der Waals surface area contributed by atoms with Crippen LogP contribution in [0.2, 0.25) is 0 Å². The Kier molecular flexibility index (Phi) is 5.67. The van der Waals surface area contributed by atoms with Crippen LogP contribution in [0.5, 0.6) is 0 Å². The normalized spacial score (nSPS) is 15.7. The van der Waals surface area contributed by atoms with Crippen LogP contribution in [-0.2, 0) is 24.5 Å². The number of nitrogens with zero attached hydrogens (tertiary/aromatic N) is 1. The van der Waals surface area contributed by atoms with E-state index in [9.17, 15) is 43.2 Å². The third kappa shape index (κ3) is 4.06. The summed E-state index contributed by atoms with van der Waals surface area (Å²) in [5, 5.41) is 0. The number of hydrogen-bond donors (Lipinski definition) is 0. The zero-order valence-corrected chi connectivity index (χ0v) is 12.9. The fourth-order valence-electron chi connectivity index (χ4n) is 0.709. The predicted molar refractivity (Wildman–Crippen MR) is 56.6 cm³/mol. The van der Waals surface area contributed by atoms with Crippen LogP contribution in [-0.4, -0.2) is 47.3 Å². The van der Waals surface area contributed by atoms with Crippen molar-refractivity contribution >= 4 is 30.0 Å². The average molecular weight is 369 g/mol. The summed E-state index contributed by atoms with van der Waals surface area (Å²) < 4.78 is 120. The maximum atomic E-state index is 12.2. The molecule has 0 aromatic rings. The van der Waals surface area contributed by atoms with Gasteiger partial charge in [0.25, 0.3) is 9.92 Å². The van der Waals surface area contributed by atoms with Crippen molar-refractivity contribution in [2.75, 3.05) is 0 Å². The average Bonchev–Trinajstić information content (AvgIpc) is 2.12. The molecule has 0 saturated heterocycles. The number of alkyl halides is 6. The molecule has 15 heteroatoms. The van der Waals surface area contributed by atoms with E-state index >= 15 is 0 Å². The van der Waals surface area contributed by atoms with Crippen LogP contribution in [0.25, 0.3) is 0 Å². The first-order valence-corrected chi connectivity index (χ1v) is 8.66. The van der Waals surface area contributed by atoms with Crippen molar-refractivity contribution in [1.82, 2.24) is 3.38 Å². The SMILES string of the molecule is CC(C)O[SiH2]N(S(=O)(=O)C(F)(F)F)S(=O)(=O)C(F)(F)F. The lowest BCUT2D eigenvalue weighted by Crippen LogP contribution is -2.51. The molecular formula is C5H9F6NO5S2Si. The monoisotopic (exact) mass is 369 g/mol. The molecule has 0 fully saturated rings. The second kappa shape index (κ2) is 5.78. The Balaban J connectivity index is 5.91. The van der Waals surface area contributed by atoms with Gasteiger partial charge in [-0.2, -0.15) is 26.3 Å². The van der Waals surface area contributed by atoms with E-state index in [0.717, 1.165) is 0 Å². The third-order valence-corrected chi connectivity index (χ3v) is 8.75. The highest BCUT2D eigenvalue weighted by atomic mass is 32.3. The standard InChI is InChI=1S/C5H9F6NO5S2Si/c1-3(2)17-20-12(18(13,14)4(6,7)8)19(15,16)5(9,10)11/h3H,20H2,1-2H3. The molecule has 0 bridgehead atoms. The minimum atomic E-state index is -6.71. The smallest absolute Gasteiger partial charge is 0.404 e. The van der Waals surface area contributed by atoms with Crippen LogP contribution in [0.1, 0.15) is 13.8 Å². The van der Waals surface area contributed by atoms with E-state index in [4.69, 9.17) is 0 Å². The first-order chi connectivity index (χ1) is 8.55. The van der Waals surface area contributed by atoms with E-state index in [1.54, 1.807) is 0 Å². The molecule has 20 heavy (non-hydrogen) atoms. The van der Waals surface area contributed by atoms with Crippen molar-refractivity contribution in [1.29, 1.82) is 0 Å². The topological polar surface area (TPSA) is 80.8 Å². The van der Waals surface area contributed by atoms with E-state index in [1.807, 2.05) is 0 Å². The summed E-state index contributed by atoms with van der Waals surface area (Å²) in [5.41, 5.74) is -12.4. The summed E-state index contributed by atoms with van der Waals surface area (Å²) in [6, 6.07) is 0. The van der Waals surface area contributed by atoms with Crippen LogP contribution in [0.15, 0.2) is 0 Å². The second-order valence-corrected chi connectivity index (χ2v) is 9.60. The van der Waals surface area contributed by atoms with Gasteiger partial charge in [0.05, 0.1) is 0 Å². The first-order valence-electron chi connectivity index (χ1n) is 4.57. The summed E-state index contributed by atoms with van der Waals surface area (Å²) in [7, 11) is -16.8. The van der Waals surface area contributed by atoms with E-state index < -0.39 is 50.5 Å². The number of halogens is 6. The zero-order valence-electron chi connectivity index (χ0n) is 9.86.